The van der Waals surface area contributed by atoms with E-state index in [9.17, 15) is 9.90 Å². The predicted octanol–water partition coefficient (Wildman–Crippen LogP) is 7.85. The fourth-order valence-corrected chi connectivity index (χ4v) is 9.76. The van der Waals surface area contributed by atoms with Gasteiger partial charge in [-0.3, -0.25) is 9.52 Å². The largest absolute Gasteiger partial charge is 0.490 e. The molecule has 2 aliphatic carbocycles. The highest BCUT2D eigenvalue weighted by atomic mass is 35.5. The molecule has 0 unspecified atom stereocenters. The highest BCUT2D eigenvalue weighted by molar-refractivity contribution is 7.98. The molecule has 1 amide bonds. The molecule has 0 radical (unpaired) electrons. The highest BCUT2D eigenvalue weighted by Gasteiger charge is 2.44. The summed E-state index contributed by atoms with van der Waals surface area (Å²) in [5.41, 5.74) is 4.11. The first kappa shape index (κ1) is 30.2. The number of nitrogens with one attached hydrogen (secondary N) is 1. The van der Waals surface area contributed by atoms with Gasteiger partial charge < -0.3 is 14.7 Å². The van der Waals surface area contributed by atoms with Crippen LogP contribution in [0.5, 0.6) is 5.75 Å². The number of thiophene rings is 1. The molecule has 2 bridgehead atoms. The summed E-state index contributed by atoms with van der Waals surface area (Å²) in [5.74, 6) is 1.69. The molecule has 4 aliphatic rings. The summed E-state index contributed by atoms with van der Waals surface area (Å²) in [6, 6.07) is 16.5. The quantitative estimate of drug-likeness (QED) is 0.219. The predicted molar refractivity (Wildman–Crippen MR) is 182 cm³/mol. The van der Waals surface area contributed by atoms with Crippen molar-refractivity contribution >= 4 is 46.5 Å². The lowest BCUT2D eigenvalue weighted by atomic mass is 9.68. The van der Waals surface area contributed by atoms with Crippen molar-refractivity contribution in [1.82, 2.24) is 4.72 Å². The van der Waals surface area contributed by atoms with Crippen LogP contribution in [0, 0.1) is 17.8 Å². The van der Waals surface area contributed by atoms with Crippen molar-refractivity contribution in [1.29, 1.82) is 0 Å². The number of carbonyl (C=O) groups excluding carboxylic acids is 1. The van der Waals surface area contributed by atoms with Crippen LogP contribution in [0.1, 0.15) is 65.4 Å². The van der Waals surface area contributed by atoms with Gasteiger partial charge in [-0.1, -0.05) is 42.8 Å². The number of aliphatic hydroxyl groups excluding tert-OH is 1. The van der Waals surface area contributed by atoms with Gasteiger partial charge in [-0.05, 0) is 128 Å². The molecule has 1 aromatic heterocycles. The Kier molecular flexibility index (Phi) is 8.75. The van der Waals surface area contributed by atoms with Crippen LogP contribution < -0.4 is 14.4 Å². The van der Waals surface area contributed by atoms with Gasteiger partial charge in [0.15, 0.2) is 0 Å². The van der Waals surface area contributed by atoms with E-state index >= 15 is 0 Å². The van der Waals surface area contributed by atoms with E-state index in [0.717, 1.165) is 74.5 Å². The summed E-state index contributed by atoms with van der Waals surface area (Å²) < 4.78 is 9.85. The number of allylic oxidation sites excluding steroid dienone is 1. The van der Waals surface area contributed by atoms with Crippen LogP contribution in [0.2, 0.25) is 5.02 Å². The number of amides is 1. The van der Waals surface area contributed by atoms with Gasteiger partial charge in [-0.25, -0.2) is 0 Å². The maximum atomic E-state index is 13.6. The summed E-state index contributed by atoms with van der Waals surface area (Å²) in [7, 11) is 0. The van der Waals surface area contributed by atoms with Crippen LogP contribution in [0.15, 0.2) is 66.1 Å². The minimum absolute atomic E-state index is 0.0719. The van der Waals surface area contributed by atoms with Crippen LogP contribution in [0.25, 0.3) is 0 Å². The summed E-state index contributed by atoms with van der Waals surface area (Å²) >= 11 is 9.72. The van der Waals surface area contributed by atoms with Crippen LogP contribution in [-0.4, -0.2) is 42.1 Å². The average molecular weight is 649 g/mol. The molecule has 5 nitrogen and oxygen atoms in total. The van der Waals surface area contributed by atoms with Gasteiger partial charge in [-0.2, -0.15) is 0 Å². The first-order valence-electron chi connectivity index (χ1n) is 16.0. The molecule has 232 valence electrons. The second-order valence-corrected chi connectivity index (χ2v) is 15.8. The smallest absolute Gasteiger partial charge is 0.261 e. The lowest BCUT2D eigenvalue weighted by molar-refractivity contribution is 0.0456. The van der Waals surface area contributed by atoms with Gasteiger partial charge >= 0.3 is 0 Å². The van der Waals surface area contributed by atoms with Crippen LogP contribution in [0.3, 0.4) is 0 Å². The summed E-state index contributed by atoms with van der Waals surface area (Å²) in [6.45, 7) is 4.47. The minimum Gasteiger partial charge on any atom is -0.490 e. The highest BCUT2D eigenvalue weighted by Crippen LogP contribution is 2.47. The first-order chi connectivity index (χ1) is 21.4. The average Bonchev–Trinajstić information content (AvgIpc) is 3.47. The zero-order valence-corrected chi connectivity index (χ0v) is 27.6. The Morgan fingerprint density at radius 3 is 2.91 bits per heavy atom. The number of fused-ring (bicyclic) bond motifs is 4. The van der Waals surface area contributed by atoms with E-state index in [1.54, 1.807) is 11.3 Å². The Bertz CT molecular complexity index is 1530. The number of ether oxygens (including phenoxy) is 1. The number of benzene rings is 2. The van der Waals surface area contributed by atoms with Gasteiger partial charge in [0.05, 0.1) is 18.4 Å². The molecule has 1 spiro atoms. The number of aryl methyl sites for hydroxylation is 1. The Morgan fingerprint density at radius 1 is 1.18 bits per heavy atom. The second kappa shape index (κ2) is 12.7. The summed E-state index contributed by atoms with van der Waals surface area (Å²) in [6.07, 6.45) is 10.8. The van der Waals surface area contributed by atoms with E-state index in [0.29, 0.717) is 24.0 Å². The topological polar surface area (TPSA) is 61.8 Å². The third kappa shape index (κ3) is 6.05. The molecular weight excluding hydrogens is 608 g/mol. The third-order valence-electron chi connectivity index (χ3n) is 10.4. The Balaban J connectivity index is 1.24. The van der Waals surface area contributed by atoms with Gasteiger partial charge in [0.25, 0.3) is 5.91 Å². The standard InChI is InChI=1S/C36H41ClN2O3S2/c1-23-5-2-8-32(40)29-12-9-26(29)20-39-21-36(15-3-6-24-17-27(37)11-13-30(24)36)22-42-33-14-10-25(18-31(33)39)35(41)38-44-34(23)19-28-7-4-16-43-28/h2,4,7-8,10-11,13-14,16-18,23,26,29,32,34,40H,3,5-6,9,12,15,19-22H2,1H3,(H,38,41)/b8-2-/t23-,26+,29-,32+,34-,36+/m1/s1. The number of hydrogen-bond donors (Lipinski definition) is 2. The number of halogens is 1. The molecule has 1 saturated carbocycles. The van der Waals surface area contributed by atoms with E-state index in [1.807, 2.05) is 30.3 Å². The monoisotopic (exact) mass is 648 g/mol. The molecule has 3 heterocycles. The minimum atomic E-state index is -0.447. The van der Waals surface area contributed by atoms with Crippen molar-refractivity contribution in [2.24, 2.45) is 17.8 Å². The molecule has 2 N–H and O–H groups in total. The van der Waals surface area contributed by atoms with Gasteiger partial charge in [0.2, 0.25) is 0 Å². The number of nitrogens with zero attached hydrogens (tertiary/aromatic N) is 1. The number of hydrogen-bond acceptors (Lipinski definition) is 6. The second-order valence-electron chi connectivity index (χ2n) is 13.3. The third-order valence-corrected chi connectivity index (χ3v) is 12.8. The Hall–Kier alpha value is -2.45. The van der Waals surface area contributed by atoms with E-state index in [4.69, 9.17) is 16.3 Å². The first-order valence-corrected chi connectivity index (χ1v) is 18.2. The molecule has 6 atom stereocenters. The molecule has 2 aromatic carbocycles. The molecule has 1 fully saturated rings. The molecule has 8 heteroatoms. The van der Waals surface area contributed by atoms with Crippen molar-refractivity contribution in [3.05, 3.63) is 92.7 Å². The van der Waals surface area contributed by atoms with Crippen LogP contribution in [-0.2, 0) is 18.3 Å². The maximum absolute atomic E-state index is 13.6. The van der Waals surface area contributed by atoms with E-state index < -0.39 is 6.10 Å². The van der Waals surface area contributed by atoms with E-state index in [2.05, 4.69) is 52.3 Å². The maximum Gasteiger partial charge on any atom is 0.261 e. The lowest BCUT2D eigenvalue weighted by Gasteiger charge is -2.45. The van der Waals surface area contributed by atoms with Crippen molar-refractivity contribution in [2.75, 3.05) is 24.6 Å². The zero-order chi connectivity index (χ0) is 30.3. The number of carbonyl (C=O) groups is 1. The van der Waals surface area contributed by atoms with E-state index in [1.165, 1.54) is 28.0 Å². The zero-order valence-electron chi connectivity index (χ0n) is 25.2. The number of aliphatic hydroxyl groups is 1. The fourth-order valence-electron chi connectivity index (χ4n) is 7.71. The van der Waals surface area contributed by atoms with Crippen molar-refractivity contribution in [3.8, 4) is 5.75 Å². The molecule has 7 rings (SSSR count). The fraction of sp³-hybridized carbons (Fsp3) is 0.472. The van der Waals surface area contributed by atoms with Gasteiger partial charge in [0, 0.05) is 39.2 Å². The van der Waals surface area contributed by atoms with Gasteiger partial charge in [-0.15, -0.1) is 11.3 Å². The SMILES string of the molecule is C[C@@H]1C/C=C\[C@H](O)[C@@H]2CC[C@H]2CN2C[C@@]3(CCCc4cc(Cl)ccc43)COc3ccc(cc32)C(=O)NS[C@@H]1Cc1cccs1. The molecular formula is C36H41ClN2O3S2. The van der Waals surface area contributed by atoms with E-state index in [-0.39, 0.29) is 22.5 Å². The Morgan fingerprint density at radius 2 is 2.09 bits per heavy atom. The van der Waals surface area contributed by atoms with Gasteiger partial charge in [0.1, 0.15) is 5.75 Å². The van der Waals surface area contributed by atoms with Crippen LogP contribution in [0.4, 0.5) is 5.69 Å². The number of rotatable bonds is 2. The molecule has 44 heavy (non-hydrogen) atoms. The summed E-state index contributed by atoms with van der Waals surface area (Å²) in [4.78, 5) is 17.4. The van der Waals surface area contributed by atoms with Crippen molar-refractivity contribution in [3.63, 3.8) is 0 Å². The Labute approximate surface area is 274 Å². The van der Waals surface area contributed by atoms with Crippen molar-refractivity contribution < 1.29 is 14.6 Å². The normalized spacial score (nSPS) is 31.1. The van der Waals surface area contributed by atoms with Crippen molar-refractivity contribution in [2.45, 2.75) is 68.6 Å². The number of anilines is 1. The molecule has 3 aromatic rings. The molecule has 0 saturated heterocycles. The van der Waals surface area contributed by atoms with Crippen LogP contribution >= 0.6 is 34.9 Å². The summed E-state index contributed by atoms with van der Waals surface area (Å²) in [5, 5.41) is 14.4. The lowest BCUT2D eigenvalue weighted by Crippen LogP contribution is -2.49. The molecule has 2 aliphatic heterocycles.